The smallest absolute Gasteiger partial charge is 0.338 e. The SMILES string of the molecule is C=Cc1ccccc1C(CC)OC(=O)c1ccc(O)c(Cl)c1. The van der Waals surface area contributed by atoms with Gasteiger partial charge in [-0.25, -0.2) is 4.79 Å². The second-order valence-electron chi connectivity index (χ2n) is 4.80. The number of carbonyl (C=O) groups is 1. The van der Waals surface area contributed by atoms with E-state index >= 15 is 0 Å². The zero-order valence-corrected chi connectivity index (χ0v) is 13.0. The van der Waals surface area contributed by atoms with Crippen molar-refractivity contribution in [3.8, 4) is 5.75 Å². The maximum absolute atomic E-state index is 12.3. The minimum Gasteiger partial charge on any atom is -0.506 e. The molecule has 114 valence electrons. The first-order valence-electron chi connectivity index (χ1n) is 6.97. The summed E-state index contributed by atoms with van der Waals surface area (Å²) >= 11 is 5.82. The fraction of sp³-hybridized carbons (Fsp3) is 0.167. The summed E-state index contributed by atoms with van der Waals surface area (Å²) in [7, 11) is 0. The number of phenolic OH excluding ortho intramolecular Hbond substituents is 1. The summed E-state index contributed by atoms with van der Waals surface area (Å²) in [5, 5.41) is 9.52. The van der Waals surface area contributed by atoms with Gasteiger partial charge in [0.2, 0.25) is 0 Å². The number of hydrogen-bond donors (Lipinski definition) is 1. The Bertz CT molecular complexity index is 694. The van der Waals surface area contributed by atoms with Crippen molar-refractivity contribution in [1.82, 2.24) is 0 Å². The summed E-state index contributed by atoms with van der Waals surface area (Å²) in [6, 6.07) is 11.9. The number of ether oxygens (including phenoxy) is 1. The Morgan fingerprint density at radius 1 is 1.36 bits per heavy atom. The molecule has 0 fully saturated rings. The fourth-order valence-corrected chi connectivity index (χ4v) is 2.37. The molecule has 0 aliphatic carbocycles. The predicted octanol–water partition coefficient (Wildman–Crippen LogP) is 5.00. The summed E-state index contributed by atoms with van der Waals surface area (Å²) in [6.45, 7) is 5.73. The molecule has 3 nitrogen and oxygen atoms in total. The number of halogens is 1. The number of hydrogen-bond acceptors (Lipinski definition) is 3. The minimum absolute atomic E-state index is 0.0674. The van der Waals surface area contributed by atoms with Gasteiger partial charge in [0.25, 0.3) is 0 Å². The van der Waals surface area contributed by atoms with Crippen LogP contribution in [0.4, 0.5) is 0 Å². The van der Waals surface area contributed by atoms with Crippen LogP contribution in [0.5, 0.6) is 5.75 Å². The maximum atomic E-state index is 12.3. The Morgan fingerprint density at radius 2 is 2.09 bits per heavy atom. The van der Waals surface area contributed by atoms with Gasteiger partial charge in [-0.15, -0.1) is 0 Å². The van der Waals surface area contributed by atoms with E-state index in [9.17, 15) is 9.90 Å². The van der Waals surface area contributed by atoms with E-state index < -0.39 is 5.97 Å². The molecule has 0 aromatic heterocycles. The highest BCUT2D eigenvalue weighted by molar-refractivity contribution is 6.32. The van der Waals surface area contributed by atoms with E-state index in [0.717, 1.165) is 11.1 Å². The lowest BCUT2D eigenvalue weighted by atomic mass is 10.0. The second kappa shape index (κ2) is 7.14. The molecule has 0 aliphatic rings. The van der Waals surface area contributed by atoms with Crippen LogP contribution in [0, 0.1) is 0 Å². The molecule has 0 amide bonds. The highest BCUT2D eigenvalue weighted by Gasteiger charge is 2.18. The van der Waals surface area contributed by atoms with Gasteiger partial charge in [0.15, 0.2) is 0 Å². The number of benzene rings is 2. The van der Waals surface area contributed by atoms with E-state index in [0.29, 0.717) is 12.0 Å². The van der Waals surface area contributed by atoms with E-state index in [2.05, 4.69) is 6.58 Å². The average Bonchev–Trinajstić information content (AvgIpc) is 2.54. The summed E-state index contributed by atoms with van der Waals surface area (Å²) in [5.41, 5.74) is 2.15. The van der Waals surface area contributed by atoms with Gasteiger partial charge in [-0.1, -0.05) is 55.4 Å². The van der Waals surface area contributed by atoms with Crippen LogP contribution < -0.4 is 0 Å². The highest BCUT2D eigenvalue weighted by Crippen LogP contribution is 2.28. The third-order valence-corrected chi connectivity index (χ3v) is 3.67. The quantitative estimate of drug-likeness (QED) is 0.790. The number of phenols is 1. The Morgan fingerprint density at radius 3 is 2.73 bits per heavy atom. The standard InChI is InChI=1S/C18H17ClO3/c1-3-12-7-5-6-8-14(12)17(4-2)22-18(21)13-9-10-16(20)15(19)11-13/h3,5-11,17,20H,1,4H2,2H3. The number of esters is 1. The number of rotatable bonds is 5. The normalized spacial score (nSPS) is 11.7. The zero-order chi connectivity index (χ0) is 16.1. The Balaban J connectivity index is 2.24. The molecule has 1 N–H and O–H groups in total. The summed E-state index contributed by atoms with van der Waals surface area (Å²) in [5.74, 6) is -0.546. The molecule has 1 unspecified atom stereocenters. The molecule has 22 heavy (non-hydrogen) atoms. The van der Waals surface area contributed by atoms with Crippen molar-refractivity contribution in [2.45, 2.75) is 19.4 Å². The van der Waals surface area contributed by atoms with Crippen LogP contribution in [0.2, 0.25) is 5.02 Å². The molecule has 2 aromatic carbocycles. The van der Waals surface area contributed by atoms with Crippen LogP contribution in [-0.2, 0) is 4.74 Å². The molecule has 1 atom stereocenters. The lowest BCUT2D eigenvalue weighted by Crippen LogP contribution is -2.12. The summed E-state index contributed by atoms with van der Waals surface area (Å²) in [4.78, 5) is 12.3. The molecule has 0 spiro atoms. The monoisotopic (exact) mass is 316 g/mol. The van der Waals surface area contributed by atoms with Crippen molar-refractivity contribution in [3.05, 3.63) is 70.8 Å². The lowest BCUT2D eigenvalue weighted by Gasteiger charge is -2.19. The third-order valence-electron chi connectivity index (χ3n) is 3.37. The van der Waals surface area contributed by atoms with Crippen LogP contribution in [-0.4, -0.2) is 11.1 Å². The second-order valence-corrected chi connectivity index (χ2v) is 5.21. The van der Waals surface area contributed by atoms with Crippen LogP contribution in [0.15, 0.2) is 49.0 Å². The van der Waals surface area contributed by atoms with Crippen molar-refractivity contribution >= 4 is 23.6 Å². The van der Waals surface area contributed by atoms with E-state index in [1.807, 2.05) is 31.2 Å². The van der Waals surface area contributed by atoms with Gasteiger partial charge in [0, 0.05) is 0 Å². The Labute approximate surface area is 134 Å². The molecule has 2 rings (SSSR count). The van der Waals surface area contributed by atoms with Gasteiger partial charge >= 0.3 is 5.97 Å². The lowest BCUT2D eigenvalue weighted by molar-refractivity contribution is 0.0287. The first-order valence-corrected chi connectivity index (χ1v) is 7.35. The molecular formula is C18H17ClO3. The highest BCUT2D eigenvalue weighted by atomic mass is 35.5. The van der Waals surface area contributed by atoms with Crippen LogP contribution in [0.25, 0.3) is 6.08 Å². The zero-order valence-electron chi connectivity index (χ0n) is 12.3. The van der Waals surface area contributed by atoms with Crippen molar-refractivity contribution in [3.63, 3.8) is 0 Å². The molecule has 2 aromatic rings. The topological polar surface area (TPSA) is 46.5 Å². The predicted molar refractivity (Wildman–Crippen MR) is 88.1 cm³/mol. The molecule has 0 bridgehead atoms. The van der Waals surface area contributed by atoms with Gasteiger partial charge in [0.05, 0.1) is 10.6 Å². The van der Waals surface area contributed by atoms with Crippen LogP contribution >= 0.6 is 11.6 Å². The largest absolute Gasteiger partial charge is 0.506 e. The van der Waals surface area contributed by atoms with E-state index in [1.54, 1.807) is 6.08 Å². The van der Waals surface area contributed by atoms with Crippen molar-refractivity contribution in [1.29, 1.82) is 0 Å². The summed E-state index contributed by atoms with van der Waals surface area (Å²) in [6.07, 6.45) is 2.01. The summed E-state index contributed by atoms with van der Waals surface area (Å²) < 4.78 is 5.58. The van der Waals surface area contributed by atoms with E-state index in [1.165, 1.54) is 18.2 Å². The molecule has 0 saturated carbocycles. The molecular weight excluding hydrogens is 300 g/mol. The first-order chi connectivity index (χ1) is 10.6. The molecule has 0 radical (unpaired) electrons. The number of aromatic hydroxyl groups is 1. The Hall–Kier alpha value is -2.26. The van der Waals surface area contributed by atoms with Gasteiger partial charge in [0.1, 0.15) is 11.9 Å². The average molecular weight is 317 g/mol. The number of carbonyl (C=O) groups excluding carboxylic acids is 1. The van der Waals surface area contributed by atoms with Gasteiger partial charge in [-0.2, -0.15) is 0 Å². The molecule has 0 saturated heterocycles. The fourth-order valence-electron chi connectivity index (χ4n) is 2.19. The molecule has 0 aliphatic heterocycles. The van der Waals surface area contributed by atoms with Gasteiger partial charge < -0.3 is 9.84 Å². The van der Waals surface area contributed by atoms with E-state index in [-0.39, 0.29) is 16.9 Å². The first kappa shape index (κ1) is 16.1. The van der Waals surface area contributed by atoms with E-state index in [4.69, 9.17) is 16.3 Å². The van der Waals surface area contributed by atoms with Crippen molar-refractivity contribution < 1.29 is 14.6 Å². The van der Waals surface area contributed by atoms with Gasteiger partial charge in [-0.05, 0) is 35.7 Å². The van der Waals surface area contributed by atoms with Crippen LogP contribution in [0.3, 0.4) is 0 Å². The molecule has 0 heterocycles. The van der Waals surface area contributed by atoms with Gasteiger partial charge in [-0.3, -0.25) is 0 Å². The van der Waals surface area contributed by atoms with Crippen molar-refractivity contribution in [2.24, 2.45) is 0 Å². The van der Waals surface area contributed by atoms with Crippen molar-refractivity contribution in [2.75, 3.05) is 0 Å². The minimum atomic E-state index is -0.479. The Kier molecular flexibility index (Phi) is 5.23. The third kappa shape index (κ3) is 3.49. The van der Waals surface area contributed by atoms with Crippen LogP contribution in [0.1, 0.15) is 40.9 Å². The maximum Gasteiger partial charge on any atom is 0.338 e. The molecule has 4 heteroatoms.